The van der Waals surface area contributed by atoms with E-state index in [1.54, 1.807) is 30.3 Å². The molecule has 1 aromatic heterocycles. The Morgan fingerprint density at radius 1 is 1.00 bits per heavy atom. The van der Waals surface area contributed by atoms with E-state index in [1.165, 1.54) is 0 Å². The number of hydrogen-bond acceptors (Lipinski definition) is 4. The summed E-state index contributed by atoms with van der Waals surface area (Å²) < 4.78 is 27.8. The van der Waals surface area contributed by atoms with Gasteiger partial charge in [-0.2, -0.15) is 0 Å². The van der Waals surface area contributed by atoms with E-state index >= 15 is 0 Å². The summed E-state index contributed by atoms with van der Waals surface area (Å²) in [5, 5.41) is 2.49. The molecule has 1 fully saturated rings. The van der Waals surface area contributed by atoms with Crippen LogP contribution in [0.2, 0.25) is 5.15 Å². The molecule has 0 aliphatic carbocycles. The molecule has 3 aromatic rings. The fraction of sp³-hybridized carbons (Fsp3) is 0.250. The van der Waals surface area contributed by atoms with Crippen LogP contribution in [0.4, 0.5) is 5.82 Å². The topological polar surface area (TPSA) is 62.3 Å². The molecule has 1 N–H and O–H groups in total. The van der Waals surface area contributed by atoms with Crippen LogP contribution >= 0.6 is 11.6 Å². The van der Waals surface area contributed by atoms with Crippen molar-refractivity contribution >= 4 is 38.2 Å². The van der Waals surface area contributed by atoms with E-state index in [2.05, 4.69) is 14.6 Å². The molecular formula is C20H20ClN3O2S. The Balaban J connectivity index is 1.45. The zero-order valence-corrected chi connectivity index (χ0v) is 16.2. The van der Waals surface area contributed by atoms with Crippen LogP contribution in [0.15, 0.2) is 65.6 Å². The molecule has 0 saturated carbocycles. The van der Waals surface area contributed by atoms with Gasteiger partial charge in [0, 0.05) is 24.5 Å². The van der Waals surface area contributed by atoms with Gasteiger partial charge in [0.2, 0.25) is 10.0 Å². The molecule has 5 nitrogen and oxygen atoms in total. The van der Waals surface area contributed by atoms with Crippen molar-refractivity contribution in [1.29, 1.82) is 0 Å². The lowest BCUT2D eigenvalue weighted by Crippen LogP contribution is -2.44. The van der Waals surface area contributed by atoms with Crippen LogP contribution in [-0.2, 0) is 10.0 Å². The highest BCUT2D eigenvalue weighted by atomic mass is 35.5. The van der Waals surface area contributed by atoms with Crippen LogP contribution in [0, 0.1) is 0 Å². The molecule has 7 heteroatoms. The lowest BCUT2D eigenvalue weighted by atomic mass is 10.1. The minimum Gasteiger partial charge on any atom is -0.356 e. The summed E-state index contributed by atoms with van der Waals surface area (Å²) in [5.74, 6) is 0.836. The average Bonchev–Trinajstić information content (AvgIpc) is 2.69. The van der Waals surface area contributed by atoms with Gasteiger partial charge in [0.25, 0.3) is 0 Å². The zero-order valence-electron chi connectivity index (χ0n) is 14.7. The third-order valence-corrected chi connectivity index (χ3v) is 6.70. The van der Waals surface area contributed by atoms with Crippen molar-refractivity contribution in [1.82, 2.24) is 9.71 Å². The second-order valence-corrected chi connectivity index (χ2v) is 8.76. The van der Waals surface area contributed by atoms with Gasteiger partial charge >= 0.3 is 0 Å². The number of rotatable bonds is 4. The average molecular weight is 402 g/mol. The van der Waals surface area contributed by atoms with Crippen LogP contribution in [0.5, 0.6) is 0 Å². The molecule has 2 heterocycles. The van der Waals surface area contributed by atoms with Gasteiger partial charge in [0.05, 0.1) is 4.90 Å². The van der Waals surface area contributed by atoms with E-state index in [0.29, 0.717) is 10.0 Å². The summed E-state index contributed by atoms with van der Waals surface area (Å²) >= 11 is 6.34. The molecule has 140 valence electrons. The molecule has 0 spiro atoms. The minimum atomic E-state index is -3.48. The zero-order chi connectivity index (χ0) is 18.9. The van der Waals surface area contributed by atoms with Crippen molar-refractivity contribution in [2.24, 2.45) is 0 Å². The molecule has 0 radical (unpaired) electrons. The molecule has 0 bridgehead atoms. The van der Waals surface area contributed by atoms with E-state index in [4.69, 9.17) is 11.6 Å². The third-order valence-electron chi connectivity index (χ3n) is 4.87. The number of benzene rings is 2. The minimum absolute atomic E-state index is 0.0811. The lowest BCUT2D eigenvalue weighted by Gasteiger charge is -2.33. The highest BCUT2D eigenvalue weighted by molar-refractivity contribution is 7.89. The molecule has 0 atom stereocenters. The standard InChI is InChI=1S/C20H20ClN3O2S/c21-20-18-9-5-4-6-15(18)14-19(22-20)24-12-10-16(11-13-24)23-27(25,26)17-7-2-1-3-8-17/h1-9,14,16,23H,10-13H2. The molecule has 0 amide bonds. The summed E-state index contributed by atoms with van der Waals surface area (Å²) in [6.45, 7) is 1.45. The Bertz CT molecular complexity index is 1050. The van der Waals surface area contributed by atoms with Crippen molar-refractivity contribution < 1.29 is 8.42 Å². The maximum atomic E-state index is 12.5. The normalized spacial score (nSPS) is 16.0. The van der Waals surface area contributed by atoms with Crippen LogP contribution in [0.25, 0.3) is 10.8 Å². The first-order valence-electron chi connectivity index (χ1n) is 8.90. The molecule has 1 saturated heterocycles. The monoisotopic (exact) mass is 401 g/mol. The van der Waals surface area contributed by atoms with Gasteiger partial charge in [-0.05, 0) is 36.4 Å². The second-order valence-electron chi connectivity index (χ2n) is 6.69. The van der Waals surface area contributed by atoms with Crippen molar-refractivity contribution in [3.05, 3.63) is 65.8 Å². The van der Waals surface area contributed by atoms with Crippen molar-refractivity contribution in [3.8, 4) is 0 Å². The van der Waals surface area contributed by atoms with Gasteiger partial charge in [-0.1, -0.05) is 54.1 Å². The number of sulfonamides is 1. The Kier molecular flexibility index (Phi) is 5.04. The second kappa shape index (κ2) is 7.46. The Labute approximate surface area is 164 Å². The van der Waals surface area contributed by atoms with Gasteiger partial charge < -0.3 is 4.90 Å². The smallest absolute Gasteiger partial charge is 0.240 e. The van der Waals surface area contributed by atoms with Crippen LogP contribution < -0.4 is 9.62 Å². The van der Waals surface area contributed by atoms with Gasteiger partial charge in [-0.25, -0.2) is 18.1 Å². The fourth-order valence-electron chi connectivity index (χ4n) is 3.42. The number of aromatic nitrogens is 1. The number of nitrogens with one attached hydrogen (secondary N) is 1. The van der Waals surface area contributed by atoms with Crippen molar-refractivity contribution in [2.75, 3.05) is 18.0 Å². The Hall–Kier alpha value is -2.15. The summed E-state index contributed by atoms with van der Waals surface area (Å²) in [7, 11) is -3.48. The quantitative estimate of drug-likeness (QED) is 0.675. The maximum absolute atomic E-state index is 12.5. The van der Waals surface area contributed by atoms with Crippen LogP contribution in [0.1, 0.15) is 12.8 Å². The molecule has 4 rings (SSSR count). The SMILES string of the molecule is O=S(=O)(NC1CCN(c2cc3ccccc3c(Cl)n2)CC1)c1ccccc1. The molecule has 1 aliphatic heterocycles. The van der Waals surface area contributed by atoms with E-state index in [0.717, 1.165) is 42.5 Å². The Morgan fingerprint density at radius 3 is 2.41 bits per heavy atom. The predicted molar refractivity (Wildman–Crippen MR) is 109 cm³/mol. The molecule has 0 unspecified atom stereocenters. The Morgan fingerprint density at radius 2 is 1.67 bits per heavy atom. The largest absolute Gasteiger partial charge is 0.356 e. The summed E-state index contributed by atoms with van der Waals surface area (Å²) in [4.78, 5) is 6.98. The molecule has 1 aliphatic rings. The predicted octanol–water partition coefficient (Wildman–Crippen LogP) is 3.84. The first-order chi connectivity index (χ1) is 13.0. The number of piperidine rings is 1. The van der Waals surface area contributed by atoms with Crippen LogP contribution in [-0.4, -0.2) is 32.5 Å². The fourth-order valence-corrected chi connectivity index (χ4v) is 5.00. The first kappa shape index (κ1) is 18.2. The van der Waals surface area contributed by atoms with Gasteiger partial charge in [0.15, 0.2) is 0 Å². The van der Waals surface area contributed by atoms with Gasteiger partial charge in [-0.15, -0.1) is 0 Å². The highest BCUT2D eigenvalue weighted by Gasteiger charge is 2.25. The number of pyridine rings is 1. The van der Waals surface area contributed by atoms with E-state index in [1.807, 2.05) is 30.3 Å². The van der Waals surface area contributed by atoms with E-state index in [9.17, 15) is 8.42 Å². The maximum Gasteiger partial charge on any atom is 0.240 e. The summed E-state index contributed by atoms with van der Waals surface area (Å²) in [6, 6.07) is 18.3. The number of halogens is 1. The number of anilines is 1. The first-order valence-corrected chi connectivity index (χ1v) is 10.8. The number of nitrogens with zero attached hydrogens (tertiary/aromatic N) is 2. The lowest BCUT2D eigenvalue weighted by molar-refractivity contribution is 0.458. The van der Waals surface area contributed by atoms with Crippen LogP contribution in [0.3, 0.4) is 0 Å². The summed E-state index contributed by atoms with van der Waals surface area (Å²) in [5.41, 5.74) is 0. The van der Waals surface area contributed by atoms with Crippen molar-refractivity contribution in [2.45, 2.75) is 23.8 Å². The molecule has 2 aromatic carbocycles. The van der Waals surface area contributed by atoms with E-state index in [-0.39, 0.29) is 6.04 Å². The van der Waals surface area contributed by atoms with Gasteiger partial charge in [-0.3, -0.25) is 0 Å². The number of hydrogen-bond donors (Lipinski definition) is 1. The van der Waals surface area contributed by atoms with Gasteiger partial charge in [0.1, 0.15) is 11.0 Å². The highest BCUT2D eigenvalue weighted by Crippen LogP contribution is 2.28. The van der Waals surface area contributed by atoms with Crippen molar-refractivity contribution in [3.63, 3.8) is 0 Å². The molecule has 27 heavy (non-hydrogen) atoms. The third kappa shape index (κ3) is 3.93. The van der Waals surface area contributed by atoms with E-state index < -0.39 is 10.0 Å². The number of fused-ring (bicyclic) bond motifs is 1. The summed E-state index contributed by atoms with van der Waals surface area (Å²) in [6.07, 6.45) is 1.44. The molecular weight excluding hydrogens is 382 g/mol.